The van der Waals surface area contributed by atoms with Gasteiger partial charge in [-0.1, -0.05) is 18.0 Å². The molecule has 0 aliphatic carbocycles. The van der Waals surface area contributed by atoms with Gasteiger partial charge in [-0.25, -0.2) is 4.98 Å². The quantitative estimate of drug-likeness (QED) is 0.827. The van der Waals surface area contributed by atoms with Crippen LogP contribution in [-0.2, 0) is 0 Å². The van der Waals surface area contributed by atoms with Crippen molar-refractivity contribution in [2.24, 2.45) is 0 Å². The molecule has 0 amide bonds. The second kappa shape index (κ2) is 5.06. The minimum absolute atomic E-state index is 0.0244. The van der Waals surface area contributed by atoms with Crippen LogP contribution in [0, 0.1) is 0 Å². The molecule has 0 aromatic carbocycles. The first-order valence-corrected chi connectivity index (χ1v) is 6.68. The smallest absolute Gasteiger partial charge is 0.179 e. The van der Waals surface area contributed by atoms with E-state index in [2.05, 4.69) is 4.98 Å². The van der Waals surface area contributed by atoms with Gasteiger partial charge in [0.15, 0.2) is 5.78 Å². The standard InChI is InChI=1S/C11H13ClN2OS/c12-7-5-8(11(13)14-6-7)10(15)9-3-1-2-4-16-9/h5-6,9H,1-4H2,(H2,13,14). The van der Waals surface area contributed by atoms with Crippen molar-refractivity contribution in [1.29, 1.82) is 0 Å². The van der Waals surface area contributed by atoms with E-state index in [0.717, 1.165) is 18.6 Å². The van der Waals surface area contributed by atoms with Crippen LogP contribution in [0.4, 0.5) is 5.82 Å². The van der Waals surface area contributed by atoms with Gasteiger partial charge >= 0.3 is 0 Å². The molecule has 1 aromatic rings. The molecule has 1 aliphatic rings. The Labute approximate surface area is 104 Å². The lowest BCUT2D eigenvalue weighted by molar-refractivity contribution is 0.0985. The van der Waals surface area contributed by atoms with E-state index in [9.17, 15) is 4.79 Å². The van der Waals surface area contributed by atoms with Gasteiger partial charge in [-0.15, -0.1) is 0 Å². The van der Waals surface area contributed by atoms with E-state index < -0.39 is 0 Å². The van der Waals surface area contributed by atoms with Crippen molar-refractivity contribution in [3.8, 4) is 0 Å². The highest BCUT2D eigenvalue weighted by atomic mass is 35.5. The summed E-state index contributed by atoms with van der Waals surface area (Å²) >= 11 is 7.53. The van der Waals surface area contributed by atoms with E-state index in [0.29, 0.717) is 10.6 Å². The molecule has 0 radical (unpaired) electrons. The molecule has 2 heterocycles. The fraction of sp³-hybridized carbons (Fsp3) is 0.455. The summed E-state index contributed by atoms with van der Waals surface area (Å²) in [5.74, 6) is 1.39. The number of pyridine rings is 1. The van der Waals surface area contributed by atoms with Crippen LogP contribution in [0.3, 0.4) is 0 Å². The van der Waals surface area contributed by atoms with E-state index in [1.807, 2.05) is 0 Å². The topological polar surface area (TPSA) is 56.0 Å². The summed E-state index contributed by atoms with van der Waals surface area (Å²) in [5.41, 5.74) is 6.16. The fourth-order valence-electron chi connectivity index (χ4n) is 1.77. The molecule has 86 valence electrons. The van der Waals surface area contributed by atoms with Crippen molar-refractivity contribution in [3.05, 3.63) is 22.8 Å². The third-order valence-electron chi connectivity index (χ3n) is 2.62. The number of nitrogens with two attached hydrogens (primary N) is 1. The summed E-state index contributed by atoms with van der Waals surface area (Å²) in [6.45, 7) is 0. The van der Waals surface area contributed by atoms with Crippen LogP contribution < -0.4 is 5.73 Å². The van der Waals surface area contributed by atoms with Crippen LogP contribution in [-0.4, -0.2) is 21.8 Å². The zero-order chi connectivity index (χ0) is 11.5. The summed E-state index contributed by atoms with van der Waals surface area (Å²) in [7, 11) is 0. The average Bonchev–Trinajstić information content (AvgIpc) is 2.32. The minimum atomic E-state index is 0.0244. The molecule has 16 heavy (non-hydrogen) atoms. The van der Waals surface area contributed by atoms with Crippen molar-refractivity contribution in [3.63, 3.8) is 0 Å². The first kappa shape index (κ1) is 11.7. The molecule has 1 unspecified atom stereocenters. The number of carbonyl (C=O) groups is 1. The number of nitrogen functional groups attached to an aromatic ring is 1. The molecule has 0 spiro atoms. The van der Waals surface area contributed by atoms with E-state index in [4.69, 9.17) is 17.3 Å². The zero-order valence-corrected chi connectivity index (χ0v) is 10.4. The number of hydrogen-bond donors (Lipinski definition) is 1. The maximum atomic E-state index is 12.2. The SMILES string of the molecule is Nc1ncc(Cl)cc1C(=O)C1CCCCS1. The van der Waals surface area contributed by atoms with Gasteiger partial charge in [-0.2, -0.15) is 11.8 Å². The number of nitrogens with zero attached hydrogens (tertiary/aromatic N) is 1. The molecule has 2 N–H and O–H groups in total. The fourth-order valence-corrected chi connectivity index (χ4v) is 3.19. The van der Waals surface area contributed by atoms with Crippen LogP contribution in [0.5, 0.6) is 0 Å². The van der Waals surface area contributed by atoms with Gasteiger partial charge in [0.2, 0.25) is 0 Å². The molecule has 0 bridgehead atoms. The Bertz CT molecular complexity index is 405. The van der Waals surface area contributed by atoms with Gasteiger partial charge in [-0.3, -0.25) is 4.79 Å². The number of hydrogen-bond acceptors (Lipinski definition) is 4. The molecule has 5 heteroatoms. The van der Waals surface area contributed by atoms with Gasteiger partial charge in [0, 0.05) is 6.20 Å². The maximum Gasteiger partial charge on any atom is 0.179 e. The number of halogens is 1. The largest absolute Gasteiger partial charge is 0.383 e. The number of rotatable bonds is 2. The Kier molecular flexibility index (Phi) is 3.71. The summed E-state index contributed by atoms with van der Waals surface area (Å²) in [5, 5.41) is 0.481. The Morgan fingerprint density at radius 3 is 3.06 bits per heavy atom. The normalized spacial score (nSPS) is 20.7. The highest BCUT2D eigenvalue weighted by Gasteiger charge is 2.24. The average molecular weight is 257 g/mol. The first-order valence-electron chi connectivity index (χ1n) is 5.25. The van der Waals surface area contributed by atoms with Gasteiger partial charge in [0.1, 0.15) is 5.82 Å². The summed E-state index contributed by atoms with van der Waals surface area (Å²) in [6.07, 6.45) is 4.69. The Morgan fingerprint density at radius 2 is 2.38 bits per heavy atom. The molecule has 0 saturated carbocycles. The highest BCUT2D eigenvalue weighted by molar-refractivity contribution is 8.00. The van der Waals surface area contributed by atoms with Gasteiger partial charge in [-0.05, 0) is 24.7 Å². The van der Waals surface area contributed by atoms with Crippen molar-refractivity contribution < 1.29 is 4.79 Å². The Balaban J connectivity index is 2.22. The predicted octanol–water partition coefficient (Wildman–Crippen LogP) is 2.79. The number of thioether (sulfide) groups is 1. The lowest BCUT2D eigenvalue weighted by Crippen LogP contribution is -2.22. The second-order valence-corrected chi connectivity index (χ2v) is 5.55. The summed E-state index contributed by atoms with van der Waals surface area (Å²) in [4.78, 5) is 16.1. The molecule has 1 aliphatic heterocycles. The van der Waals surface area contributed by atoms with Crippen molar-refractivity contribution >= 4 is 35.0 Å². The molecule has 2 rings (SSSR count). The van der Waals surface area contributed by atoms with Crippen LogP contribution in [0.25, 0.3) is 0 Å². The lowest BCUT2D eigenvalue weighted by Gasteiger charge is -2.20. The molecular formula is C11H13ClN2OS. The van der Waals surface area contributed by atoms with Crippen LogP contribution in [0.2, 0.25) is 5.02 Å². The highest BCUT2D eigenvalue weighted by Crippen LogP contribution is 2.29. The van der Waals surface area contributed by atoms with Crippen LogP contribution >= 0.6 is 23.4 Å². The third-order valence-corrected chi connectivity index (χ3v) is 4.21. The van der Waals surface area contributed by atoms with Gasteiger partial charge in [0.25, 0.3) is 0 Å². The molecule has 1 aromatic heterocycles. The van der Waals surface area contributed by atoms with E-state index in [-0.39, 0.29) is 16.9 Å². The summed E-state index contributed by atoms with van der Waals surface area (Å²) in [6, 6.07) is 1.61. The minimum Gasteiger partial charge on any atom is -0.383 e. The number of Topliss-reactive ketones (excluding diaryl/α,β-unsaturated/α-hetero) is 1. The Hall–Kier alpha value is -0.740. The molecule has 1 fully saturated rings. The molecular weight excluding hydrogens is 244 g/mol. The lowest BCUT2D eigenvalue weighted by atomic mass is 10.0. The number of aromatic nitrogens is 1. The van der Waals surface area contributed by atoms with Crippen molar-refractivity contribution in [1.82, 2.24) is 4.98 Å². The van der Waals surface area contributed by atoms with Crippen LogP contribution in [0.15, 0.2) is 12.3 Å². The maximum absolute atomic E-state index is 12.2. The van der Waals surface area contributed by atoms with Crippen molar-refractivity contribution in [2.75, 3.05) is 11.5 Å². The van der Waals surface area contributed by atoms with Gasteiger partial charge in [0.05, 0.1) is 15.8 Å². The molecule has 3 nitrogen and oxygen atoms in total. The second-order valence-electron chi connectivity index (χ2n) is 3.81. The third kappa shape index (κ3) is 2.50. The number of ketones is 1. The van der Waals surface area contributed by atoms with E-state index in [1.54, 1.807) is 17.8 Å². The predicted molar refractivity (Wildman–Crippen MR) is 68.1 cm³/mol. The molecule has 1 atom stereocenters. The molecule has 1 saturated heterocycles. The summed E-state index contributed by atoms with van der Waals surface area (Å²) < 4.78 is 0. The van der Waals surface area contributed by atoms with E-state index >= 15 is 0 Å². The van der Waals surface area contributed by atoms with E-state index in [1.165, 1.54) is 12.6 Å². The monoisotopic (exact) mass is 256 g/mol. The van der Waals surface area contributed by atoms with Crippen LogP contribution in [0.1, 0.15) is 29.6 Å². The number of carbonyl (C=O) groups excluding carboxylic acids is 1. The van der Waals surface area contributed by atoms with Gasteiger partial charge < -0.3 is 5.73 Å². The first-order chi connectivity index (χ1) is 7.68. The zero-order valence-electron chi connectivity index (χ0n) is 8.78. The Morgan fingerprint density at radius 1 is 1.56 bits per heavy atom. The number of anilines is 1. The van der Waals surface area contributed by atoms with Crippen molar-refractivity contribution in [2.45, 2.75) is 24.5 Å².